The highest BCUT2D eigenvalue weighted by molar-refractivity contribution is 6.00. The van der Waals surface area contributed by atoms with Gasteiger partial charge in [0.25, 0.3) is 11.8 Å². The van der Waals surface area contributed by atoms with E-state index in [1.807, 2.05) is 39.0 Å². The van der Waals surface area contributed by atoms with Gasteiger partial charge in [0.15, 0.2) is 6.61 Å². The van der Waals surface area contributed by atoms with Crippen molar-refractivity contribution in [3.05, 3.63) is 65.7 Å². The molecule has 0 aliphatic rings. The first-order valence-corrected chi connectivity index (χ1v) is 8.95. The van der Waals surface area contributed by atoms with Gasteiger partial charge in [-0.2, -0.15) is 5.10 Å². The zero-order valence-electron chi connectivity index (χ0n) is 15.9. The van der Waals surface area contributed by atoms with Gasteiger partial charge in [0.2, 0.25) is 0 Å². The molecule has 2 aromatic carbocycles. The van der Waals surface area contributed by atoms with E-state index in [0.717, 1.165) is 5.56 Å². The van der Waals surface area contributed by atoms with Gasteiger partial charge in [0.1, 0.15) is 5.75 Å². The number of likely N-dealkylation sites (N-methyl/N-ethyl adjacent to an activating group) is 1. The SMILES string of the molecule is CCN(CC)C(=O)COc1ccc(/C(C)=N\NC(=O)c2ccccc2)cc1. The summed E-state index contributed by atoms with van der Waals surface area (Å²) in [5.74, 6) is 0.315. The van der Waals surface area contributed by atoms with Crippen molar-refractivity contribution in [1.82, 2.24) is 10.3 Å². The topological polar surface area (TPSA) is 71.0 Å². The summed E-state index contributed by atoms with van der Waals surface area (Å²) in [6.07, 6.45) is 0. The first-order chi connectivity index (χ1) is 13.0. The van der Waals surface area contributed by atoms with Crippen LogP contribution in [-0.2, 0) is 4.79 Å². The number of carbonyl (C=O) groups is 2. The molecule has 1 N–H and O–H groups in total. The molecule has 0 spiro atoms. The maximum Gasteiger partial charge on any atom is 0.271 e. The fourth-order valence-corrected chi connectivity index (χ4v) is 2.46. The predicted molar refractivity (Wildman–Crippen MR) is 106 cm³/mol. The number of nitrogens with one attached hydrogen (secondary N) is 1. The second-order valence-corrected chi connectivity index (χ2v) is 5.88. The lowest BCUT2D eigenvalue weighted by atomic mass is 10.1. The molecule has 142 valence electrons. The molecular formula is C21H25N3O3. The van der Waals surface area contributed by atoms with Crippen molar-refractivity contribution in [3.63, 3.8) is 0 Å². The fourth-order valence-electron chi connectivity index (χ4n) is 2.46. The normalized spacial score (nSPS) is 11.0. The summed E-state index contributed by atoms with van der Waals surface area (Å²) in [4.78, 5) is 25.7. The van der Waals surface area contributed by atoms with Gasteiger partial charge in [-0.05, 0) is 62.7 Å². The summed E-state index contributed by atoms with van der Waals surface area (Å²) in [5.41, 5.74) is 4.62. The van der Waals surface area contributed by atoms with Gasteiger partial charge in [-0.15, -0.1) is 0 Å². The van der Waals surface area contributed by atoms with E-state index >= 15 is 0 Å². The van der Waals surface area contributed by atoms with Gasteiger partial charge in [0, 0.05) is 18.7 Å². The van der Waals surface area contributed by atoms with Crippen LogP contribution in [-0.4, -0.2) is 42.1 Å². The highest BCUT2D eigenvalue weighted by Crippen LogP contribution is 2.13. The number of hydrogen-bond acceptors (Lipinski definition) is 4. The van der Waals surface area contributed by atoms with E-state index in [-0.39, 0.29) is 18.4 Å². The second kappa shape index (κ2) is 10.1. The molecule has 0 saturated heterocycles. The van der Waals surface area contributed by atoms with Gasteiger partial charge in [-0.3, -0.25) is 9.59 Å². The van der Waals surface area contributed by atoms with Crippen LogP contribution in [0.1, 0.15) is 36.7 Å². The molecule has 0 atom stereocenters. The molecule has 0 aromatic heterocycles. The van der Waals surface area contributed by atoms with E-state index in [9.17, 15) is 9.59 Å². The van der Waals surface area contributed by atoms with E-state index in [1.165, 1.54) is 0 Å². The molecule has 6 heteroatoms. The quantitative estimate of drug-likeness (QED) is 0.576. The van der Waals surface area contributed by atoms with Gasteiger partial charge < -0.3 is 9.64 Å². The van der Waals surface area contributed by atoms with Gasteiger partial charge in [-0.25, -0.2) is 5.43 Å². The maximum absolute atomic E-state index is 12.0. The van der Waals surface area contributed by atoms with Gasteiger partial charge >= 0.3 is 0 Å². The Bertz CT molecular complexity index is 782. The van der Waals surface area contributed by atoms with Crippen molar-refractivity contribution in [2.75, 3.05) is 19.7 Å². The molecular weight excluding hydrogens is 342 g/mol. The Morgan fingerprint density at radius 1 is 0.963 bits per heavy atom. The van der Waals surface area contributed by atoms with E-state index in [2.05, 4.69) is 10.5 Å². The summed E-state index contributed by atoms with van der Waals surface area (Å²) >= 11 is 0. The molecule has 0 radical (unpaired) electrons. The minimum absolute atomic E-state index is 0.0151. The largest absolute Gasteiger partial charge is 0.484 e. The zero-order valence-corrected chi connectivity index (χ0v) is 15.9. The number of benzene rings is 2. The lowest BCUT2D eigenvalue weighted by Crippen LogP contribution is -2.34. The highest BCUT2D eigenvalue weighted by atomic mass is 16.5. The van der Waals surface area contributed by atoms with Crippen LogP contribution in [0.15, 0.2) is 59.7 Å². The molecule has 0 aliphatic heterocycles. The van der Waals surface area contributed by atoms with Crippen molar-refractivity contribution < 1.29 is 14.3 Å². The summed E-state index contributed by atoms with van der Waals surface area (Å²) in [7, 11) is 0. The van der Waals surface area contributed by atoms with Gasteiger partial charge in [0.05, 0.1) is 5.71 Å². The Hall–Kier alpha value is -3.15. The van der Waals surface area contributed by atoms with Crippen molar-refractivity contribution in [1.29, 1.82) is 0 Å². The standard InChI is InChI=1S/C21H25N3O3/c1-4-24(5-2)20(25)15-27-19-13-11-17(12-14-19)16(3)22-23-21(26)18-9-7-6-8-10-18/h6-14H,4-5,15H2,1-3H3,(H,23,26)/b22-16-. The number of amides is 2. The van der Waals surface area contributed by atoms with Crippen molar-refractivity contribution in [2.45, 2.75) is 20.8 Å². The van der Waals surface area contributed by atoms with E-state index in [1.54, 1.807) is 41.3 Å². The number of hydrogen-bond donors (Lipinski definition) is 1. The third-order valence-corrected chi connectivity index (χ3v) is 4.11. The third kappa shape index (κ3) is 5.95. The van der Waals surface area contributed by atoms with Crippen LogP contribution in [0.5, 0.6) is 5.75 Å². The lowest BCUT2D eigenvalue weighted by Gasteiger charge is -2.18. The average Bonchev–Trinajstić information content (AvgIpc) is 2.72. The molecule has 2 amide bonds. The van der Waals surface area contributed by atoms with Crippen LogP contribution in [0, 0.1) is 0 Å². The molecule has 2 aromatic rings. The lowest BCUT2D eigenvalue weighted by molar-refractivity contribution is -0.132. The summed E-state index contributed by atoms with van der Waals surface area (Å²) < 4.78 is 5.54. The minimum atomic E-state index is -0.259. The Morgan fingerprint density at radius 3 is 2.19 bits per heavy atom. The molecule has 0 unspecified atom stereocenters. The number of rotatable bonds is 8. The minimum Gasteiger partial charge on any atom is -0.484 e. The van der Waals surface area contributed by atoms with E-state index < -0.39 is 0 Å². The van der Waals surface area contributed by atoms with Crippen molar-refractivity contribution >= 4 is 17.5 Å². The molecule has 2 rings (SSSR count). The Labute approximate surface area is 159 Å². The van der Waals surface area contributed by atoms with E-state index in [0.29, 0.717) is 30.1 Å². The third-order valence-electron chi connectivity index (χ3n) is 4.11. The molecule has 0 aliphatic carbocycles. The fraction of sp³-hybridized carbons (Fsp3) is 0.286. The molecule has 0 bridgehead atoms. The molecule has 0 heterocycles. The Kier molecular flexibility index (Phi) is 7.55. The predicted octanol–water partition coefficient (Wildman–Crippen LogP) is 3.09. The van der Waals surface area contributed by atoms with Crippen LogP contribution in [0.2, 0.25) is 0 Å². The van der Waals surface area contributed by atoms with Crippen LogP contribution in [0.3, 0.4) is 0 Å². The second-order valence-electron chi connectivity index (χ2n) is 5.88. The van der Waals surface area contributed by atoms with Crippen LogP contribution >= 0.6 is 0 Å². The van der Waals surface area contributed by atoms with E-state index in [4.69, 9.17) is 4.74 Å². The summed E-state index contributed by atoms with van der Waals surface area (Å²) in [6.45, 7) is 7.04. The average molecular weight is 367 g/mol. The molecule has 27 heavy (non-hydrogen) atoms. The number of hydrazone groups is 1. The summed E-state index contributed by atoms with van der Waals surface area (Å²) in [6, 6.07) is 16.1. The first-order valence-electron chi connectivity index (χ1n) is 8.95. The Morgan fingerprint density at radius 2 is 1.59 bits per heavy atom. The molecule has 0 fully saturated rings. The number of ether oxygens (including phenoxy) is 1. The smallest absolute Gasteiger partial charge is 0.271 e. The molecule has 6 nitrogen and oxygen atoms in total. The Balaban J connectivity index is 1.92. The van der Waals surface area contributed by atoms with Crippen LogP contribution < -0.4 is 10.2 Å². The number of nitrogens with zero attached hydrogens (tertiary/aromatic N) is 2. The van der Waals surface area contributed by atoms with Crippen molar-refractivity contribution in [3.8, 4) is 5.75 Å². The number of carbonyl (C=O) groups excluding carboxylic acids is 2. The monoisotopic (exact) mass is 367 g/mol. The highest BCUT2D eigenvalue weighted by Gasteiger charge is 2.10. The van der Waals surface area contributed by atoms with Crippen LogP contribution in [0.4, 0.5) is 0 Å². The zero-order chi connectivity index (χ0) is 19.6. The first kappa shape index (κ1) is 20.2. The van der Waals surface area contributed by atoms with Gasteiger partial charge in [-0.1, -0.05) is 18.2 Å². The van der Waals surface area contributed by atoms with Crippen LogP contribution in [0.25, 0.3) is 0 Å². The summed E-state index contributed by atoms with van der Waals surface area (Å²) in [5, 5.41) is 4.14. The molecule has 0 saturated carbocycles. The maximum atomic E-state index is 12.0. The van der Waals surface area contributed by atoms with Crippen molar-refractivity contribution in [2.24, 2.45) is 5.10 Å².